The summed E-state index contributed by atoms with van der Waals surface area (Å²) in [5.74, 6) is 1.03. The number of methoxy groups -OCH3 is 2. The average Bonchev–Trinajstić information content (AvgIpc) is 2.80. The van der Waals surface area contributed by atoms with Gasteiger partial charge in [0, 0.05) is 45.0 Å². The van der Waals surface area contributed by atoms with Crippen LogP contribution >= 0.6 is 0 Å². The quantitative estimate of drug-likeness (QED) is 0.730. The molecule has 6 nitrogen and oxygen atoms in total. The molecule has 0 radical (unpaired) electrons. The van der Waals surface area contributed by atoms with Crippen LogP contribution in [0, 0.1) is 13.8 Å². The molecule has 2 aliphatic heterocycles. The molecule has 6 heteroatoms. The summed E-state index contributed by atoms with van der Waals surface area (Å²) in [6, 6.07) is 8.89. The van der Waals surface area contributed by atoms with Crippen LogP contribution in [0.1, 0.15) is 58.0 Å². The lowest BCUT2D eigenvalue weighted by Crippen LogP contribution is -2.57. The molecule has 0 bridgehead atoms. The highest BCUT2D eigenvalue weighted by Gasteiger charge is 2.37. The second kappa shape index (κ2) is 9.37. The first-order chi connectivity index (χ1) is 15.0. The standard InChI is InChI=1S/C25H33N3O3/c1-17-18(2)24(31-4)11-10-22(17)23-7-5-6-21-15-27(12-13-28(21)23)25(29)19-8-9-20(16-30-3)26-14-19/h8-11,14,21,23H,5-7,12-13,15-16H2,1-4H3/t21-,23+/m0/s1. The number of carbonyl (C=O) groups excluding carboxylic acids is 1. The molecule has 0 aliphatic carbocycles. The SMILES string of the molecule is COCc1ccc(C(=O)N2CCN3[C@@H](CCC[C@@H]3c3ccc(OC)c(C)c3C)C2)cn1. The zero-order valence-corrected chi connectivity index (χ0v) is 19.1. The number of hydrogen-bond donors (Lipinski definition) is 0. The van der Waals surface area contributed by atoms with Gasteiger partial charge >= 0.3 is 0 Å². The summed E-state index contributed by atoms with van der Waals surface area (Å²) in [7, 11) is 3.38. The minimum atomic E-state index is 0.0784. The van der Waals surface area contributed by atoms with Crippen LogP contribution in [0.4, 0.5) is 0 Å². The fraction of sp³-hybridized carbons (Fsp3) is 0.520. The summed E-state index contributed by atoms with van der Waals surface area (Å²) in [6.45, 7) is 7.24. The number of ether oxygens (including phenoxy) is 2. The maximum absolute atomic E-state index is 13.1. The summed E-state index contributed by atoms with van der Waals surface area (Å²) in [5, 5.41) is 0. The number of hydrogen-bond acceptors (Lipinski definition) is 5. The van der Waals surface area contributed by atoms with E-state index >= 15 is 0 Å². The van der Waals surface area contributed by atoms with E-state index in [4.69, 9.17) is 9.47 Å². The highest BCUT2D eigenvalue weighted by molar-refractivity contribution is 5.94. The predicted octanol–water partition coefficient (Wildman–Crippen LogP) is 3.91. The molecule has 166 valence electrons. The van der Waals surface area contributed by atoms with Gasteiger partial charge in [-0.2, -0.15) is 0 Å². The number of rotatable bonds is 5. The molecule has 3 heterocycles. The monoisotopic (exact) mass is 423 g/mol. The first-order valence-electron chi connectivity index (χ1n) is 11.2. The normalized spacial score (nSPS) is 21.6. The first-order valence-corrected chi connectivity index (χ1v) is 11.2. The summed E-state index contributed by atoms with van der Waals surface area (Å²) in [5.41, 5.74) is 5.44. The van der Waals surface area contributed by atoms with Crippen molar-refractivity contribution >= 4 is 5.91 Å². The number of carbonyl (C=O) groups is 1. The van der Waals surface area contributed by atoms with E-state index in [0.717, 1.165) is 37.5 Å². The summed E-state index contributed by atoms with van der Waals surface area (Å²) >= 11 is 0. The van der Waals surface area contributed by atoms with Gasteiger partial charge in [-0.15, -0.1) is 0 Å². The molecule has 0 N–H and O–H groups in total. The minimum absolute atomic E-state index is 0.0784. The number of pyridine rings is 1. The molecule has 2 aliphatic rings. The van der Waals surface area contributed by atoms with Gasteiger partial charge in [-0.1, -0.05) is 6.07 Å². The second-order valence-electron chi connectivity index (χ2n) is 8.67. The van der Waals surface area contributed by atoms with Crippen molar-refractivity contribution in [3.05, 3.63) is 58.4 Å². The topological polar surface area (TPSA) is 54.9 Å². The third-order valence-corrected chi connectivity index (χ3v) is 6.95. The lowest BCUT2D eigenvalue weighted by atomic mass is 9.86. The summed E-state index contributed by atoms with van der Waals surface area (Å²) < 4.78 is 10.6. The van der Waals surface area contributed by atoms with E-state index in [2.05, 4.69) is 35.9 Å². The Morgan fingerprint density at radius 2 is 1.94 bits per heavy atom. The van der Waals surface area contributed by atoms with Crippen molar-refractivity contribution in [1.82, 2.24) is 14.8 Å². The van der Waals surface area contributed by atoms with E-state index < -0.39 is 0 Å². The van der Waals surface area contributed by atoms with E-state index in [9.17, 15) is 4.79 Å². The molecule has 31 heavy (non-hydrogen) atoms. The molecule has 2 fully saturated rings. The molecular weight excluding hydrogens is 390 g/mol. The van der Waals surface area contributed by atoms with Crippen LogP contribution in [0.25, 0.3) is 0 Å². The maximum Gasteiger partial charge on any atom is 0.255 e. The third kappa shape index (κ3) is 4.32. The molecule has 0 unspecified atom stereocenters. The van der Waals surface area contributed by atoms with Crippen LogP contribution in [0.15, 0.2) is 30.5 Å². The van der Waals surface area contributed by atoms with Crippen LogP contribution in [0.5, 0.6) is 5.75 Å². The van der Waals surface area contributed by atoms with Gasteiger partial charge in [0.15, 0.2) is 0 Å². The van der Waals surface area contributed by atoms with Gasteiger partial charge in [-0.05, 0) is 68.0 Å². The van der Waals surface area contributed by atoms with Crippen molar-refractivity contribution < 1.29 is 14.3 Å². The molecule has 1 aromatic heterocycles. The van der Waals surface area contributed by atoms with Crippen LogP contribution in [-0.2, 0) is 11.3 Å². The molecule has 0 saturated carbocycles. The molecule has 2 atom stereocenters. The zero-order chi connectivity index (χ0) is 22.0. The highest BCUT2D eigenvalue weighted by Crippen LogP contribution is 2.39. The summed E-state index contributed by atoms with van der Waals surface area (Å²) in [6.07, 6.45) is 5.17. The molecule has 1 amide bonds. The van der Waals surface area contributed by atoms with Gasteiger partial charge in [-0.25, -0.2) is 0 Å². The molecule has 1 aromatic carbocycles. The number of fused-ring (bicyclic) bond motifs is 1. The number of amides is 1. The van der Waals surface area contributed by atoms with E-state index in [0.29, 0.717) is 24.3 Å². The van der Waals surface area contributed by atoms with Gasteiger partial charge in [0.1, 0.15) is 5.75 Å². The van der Waals surface area contributed by atoms with E-state index in [1.54, 1.807) is 20.4 Å². The Balaban J connectivity index is 1.48. The number of aromatic nitrogens is 1. The van der Waals surface area contributed by atoms with Gasteiger partial charge in [0.2, 0.25) is 0 Å². The Labute approximate surface area is 185 Å². The molecule has 2 saturated heterocycles. The van der Waals surface area contributed by atoms with Gasteiger partial charge in [0.25, 0.3) is 5.91 Å². The number of benzene rings is 1. The van der Waals surface area contributed by atoms with Crippen molar-refractivity contribution in [2.45, 2.75) is 51.8 Å². The lowest BCUT2D eigenvalue weighted by molar-refractivity contribution is 0.0101. The Hall–Kier alpha value is -2.44. The fourth-order valence-corrected chi connectivity index (χ4v) is 5.13. The Morgan fingerprint density at radius 3 is 2.65 bits per heavy atom. The molecular formula is C25H33N3O3. The van der Waals surface area contributed by atoms with Gasteiger partial charge in [0.05, 0.1) is 25.0 Å². The third-order valence-electron chi connectivity index (χ3n) is 6.95. The van der Waals surface area contributed by atoms with Crippen molar-refractivity contribution in [1.29, 1.82) is 0 Å². The van der Waals surface area contributed by atoms with Crippen molar-refractivity contribution in [2.24, 2.45) is 0 Å². The first kappa shape index (κ1) is 21.8. The Kier molecular flexibility index (Phi) is 6.58. The second-order valence-corrected chi connectivity index (χ2v) is 8.67. The minimum Gasteiger partial charge on any atom is -0.496 e. The smallest absolute Gasteiger partial charge is 0.255 e. The van der Waals surface area contributed by atoms with E-state index in [1.807, 2.05) is 17.0 Å². The molecule has 4 rings (SSSR count). The Bertz CT molecular complexity index is 928. The average molecular weight is 424 g/mol. The Morgan fingerprint density at radius 1 is 1.10 bits per heavy atom. The molecule has 0 spiro atoms. The van der Waals surface area contributed by atoms with E-state index in [-0.39, 0.29) is 5.91 Å². The fourth-order valence-electron chi connectivity index (χ4n) is 5.13. The lowest BCUT2D eigenvalue weighted by Gasteiger charge is -2.48. The maximum atomic E-state index is 13.1. The van der Waals surface area contributed by atoms with Gasteiger partial charge in [-0.3, -0.25) is 14.7 Å². The number of nitrogens with zero attached hydrogens (tertiary/aromatic N) is 3. The van der Waals surface area contributed by atoms with Crippen LogP contribution in [0.3, 0.4) is 0 Å². The van der Waals surface area contributed by atoms with Crippen molar-refractivity contribution in [3.63, 3.8) is 0 Å². The predicted molar refractivity (Wildman–Crippen MR) is 120 cm³/mol. The number of piperidine rings is 1. The van der Waals surface area contributed by atoms with Crippen molar-refractivity contribution in [3.8, 4) is 5.75 Å². The highest BCUT2D eigenvalue weighted by atomic mass is 16.5. The largest absolute Gasteiger partial charge is 0.496 e. The van der Waals surface area contributed by atoms with Crippen LogP contribution < -0.4 is 4.74 Å². The summed E-state index contributed by atoms with van der Waals surface area (Å²) in [4.78, 5) is 22.1. The van der Waals surface area contributed by atoms with Crippen LogP contribution in [0.2, 0.25) is 0 Å². The van der Waals surface area contributed by atoms with E-state index in [1.165, 1.54) is 29.5 Å². The van der Waals surface area contributed by atoms with Crippen LogP contribution in [-0.4, -0.2) is 60.6 Å². The van der Waals surface area contributed by atoms with Crippen molar-refractivity contribution in [2.75, 3.05) is 33.9 Å². The zero-order valence-electron chi connectivity index (χ0n) is 19.1. The van der Waals surface area contributed by atoms with Gasteiger partial charge < -0.3 is 14.4 Å². The number of piperazine rings is 1. The molecule has 2 aromatic rings.